The number of benzene rings is 1. The summed E-state index contributed by atoms with van der Waals surface area (Å²) >= 11 is 0. The van der Waals surface area contributed by atoms with E-state index in [0.717, 1.165) is 0 Å². The molecule has 1 saturated heterocycles. The lowest BCUT2D eigenvalue weighted by atomic mass is 10.1. The molecule has 0 atom stereocenters. The fourth-order valence-electron chi connectivity index (χ4n) is 2.67. The molecule has 0 radical (unpaired) electrons. The molecule has 1 heterocycles. The van der Waals surface area contributed by atoms with Crippen molar-refractivity contribution >= 4 is 11.8 Å². The Morgan fingerprint density at radius 3 is 2.43 bits per heavy atom. The van der Waals surface area contributed by atoms with Crippen molar-refractivity contribution in [2.75, 3.05) is 39.8 Å². The molecule has 1 aliphatic rings. The predicted octanol–water partition coefficient (Wildman–Crippen LogP) is 0.978. The fourth-order valence-corrected chi connectivity index (χ4v) is 2.67. The van der Waals surface area contributed by atoms with Gasteiger partial charge < -0.3 is 15.0 Å². The smallest absolute Gasteiger partial charge is 0.257 e. The Morgan fingerprint density at radius 2 is 1.83 bits per heavy atom. The monoisotopic (exact) mass is 319 g/mol. The molecule has 0 saturated carbocycles. The van der Waals surface area contributed by atoms with Crippen LogP contribution in [0.1, 0.15) is 24.2 Å². The summed E-state index contributed by atoms with van der Waals surface area (Å²) in [5.74, 6) is 0.606. The maximum absolute atomic E-state index is 12.6. The summed E-state index contributed by atoms with van der Waals surface area (Å²) in [7, 11) is 1.57. The number of nitrogens with one attached hydrogen (secondary N) is 1. The minimum absolute atomic E-state index is 0.0197. The molecule has 6 nitrogen and oxygen atoms in total. The van der Waals surface area contributed by atoms with Gasteiger partial charge in [-0.1, -0.05) is 12.1 Å². The molecule has 2 amide bonds. The molecule has 0 aromatic heterocycles. The minimum atomic E-state index is -0.0197. The van der Waals surface area contributed by atoms with Gasteiger partial charge in [0.25, 0.3) is 5.91 Å². The summed E-state index contributed by atoms with van der Waals surface area (Å²) in [6.07, 6.45) is 0. The molecule has 0 spiro atoms. The van der Waals surface area contributed by atoms with Crippen molar-refractivity contribution < 1.29 is 14.3 Å². The van der Waals surface area contributed by atoms with Crippen LogP contribution in [0.3, 0.4) is 0 Å². The lowest BCUT2D eigenvalue weighted by Gasteiger charge is -2.34. The Bertz CT molecular complexity index is 552. The number of para-hydroxylation sites is 1. The van der Waals surface area contributed by atoms with Crippen LogP contribution in [0.15, 0.2) is 24.3 Å². The SMILES string of the molecule is COc1ccccc1C(=O)N1CCN(CC(=O)NC(C)C)CC1. The minimum Gasteiger partial charge on any atom is -0.496 e. The Kier molecular flexibility index (Phi) is 5.98. The van der Waals surface area contributed by atoms with E-state index in [-0.39, 0.29) is 17.9 Å². The molecular weight excluding hydrogens is 294 g/mol. The van der Waals surface area contributed by atoms with Crippen molar-refractivity contribution in [1.29, 1.82) is 0 Å². The Hall–Kier alpha value is -2.08. The number of amides is 2. The number of ether oxygens (including phenoxy) is 1. The Morgan fingerprint density at radius 1 is 1.17 bits per heavy atom. The molecule has 23 heavy (non-hydrogen) atoms. The van der Waals surface area contributed by atoms with Crippen LogP contribution < -0.4 is 10.1 Å². The first kappa shape index (κ1) is 17.3. The number of hydrogen-bond donors (Lipinski definition) is 1. The van der Waals surface area contributed by atoms with E-state index >= 15 is 0 Å². The highest BCUT2D eigenvalue weighted by molar-refractivity contribution is 5.97. The van der Waals surface area contributed by atoms with Crippen LogP contribution in [-0.2, 0) is 4.79 Å². The van der Waals surface area contributed by atoms with Gasteiger partial charge in [-0.2, -0.15) is 0 Å². The van der Waals surface area contributed by atoms with E-state index in [2.05, 4.69) is 10.2 Å². The molecule has 1 fully saturated rings. The standard InChI is InChI=1S/C17H25N3O3/c1-13(2)18-16(21)12-19-8-10-20(11-9-19)17(22)14-6-4-5-7-15(14)23-3/h4-7,13H,8-12H2,1-3H3,(H,18,21). The molecule has 0 unspecified atom stereocenters. The molecule has 126 valence electrons. The van der Waals surface area contributed by atoms with Gasteiger partial charge in [-0.05, 0) is 26.0 Å². The highest BCUT2D eigenvalue weighted by atomic mass is 16.5. The topological polar surface area (TPSA) is 61.9 Å². The number of hydrogen-bond acceptors (Lipinski definition) is 4. The number of carbonyl (C=O) groups is 2. The molecule has 6 heteroatoms. The summed E-state index contributed by atoms with van der Waals surface area (Å²) in [6, 6.07) is 7.41. The van der Waals surface area contributed by atoms with Gasteiger partial charge in [-0.15, -0.1) is 0 Å². The van der Waals surface area contributed by atoms with E-state index in [1.54, 1.807) is 19.2 Å². The third kappa shape index (κ3) is 4.69. The molecule has 2 rings (SSSR count). The Labute approximate surface area is 137 Å². The third-order valence-electron chi connectivity index (χ3n) is 3.81. The van der Waals surface area contributed by atoms with E-state index in [0.29, 0.717) is 44.0 Å². The maximum Gasteiger partial charge on any atom is 0.257 e. The largest absolute Gasteiger partial charge is 0.496 e. The number of carbonyl (C=O) groups excluding carboxylic acids is 2. The van der Waals surface area contributed by atoms with Gasteiger partial charge in [-0.3, -0.25) is 14.5 Å². The molecular formula is C17H25N3O3. The van der Waals surface area contributed by atoms with E-state index in [9.17, 15) is 9.59 Å². The quantitative estimate of drug-likeness (QED) is 0.879. The summed E-state index contributed by atoms with van der Waals surface area (Å²) in [5, 5.41) is 2.89. The number of nitrogens with zero attached hydrogens (tertiary/aromatic N) is 2. The molecule has 0 bridgehead atoms. The Balaban J connectivity index is 1.89. The van der Waals surface area contributed by atoms with Crippen LogP contribution in [0.25, 0.3) is 0 Å². The van der Waals surface area contributed by atoms with E-state index < -0.39 is 0 Å². The number of piperazine rings is 1. The van der Waals surface area contributed by atoms with Crippen LogP contribution in [0.4, 0.5) is 0 Å². The first-order valence-corrected chi connectivity index (χ1v) is 7.95. The summed E-state index contributed by atoms with van der Waals surface area (Å²) in [6.45, 7) is 6.91. The van der Waals surface area contributed by atoms with Crippen LogP contribution in [-0.4, -0.2) is 67.5 Å². The lowest BCUT2D eigenvalue weighted by Crippen LogP contribution is -2.51. The number of methoxy groups -OCH3 is 1. The zero-order valence-corrected chi connectivity index (χ0v) is 14.0. The normalized spacial score (nSPS) is 15.6. The first-order chi connectivity index (χ1) is 11.0. The van der Waals surface area contributed by atoms with Crippen LogP contribution in [0.5, 0.6) is 5.75 Å². The highest BCUT2D eigenvalue weighted by Gasteiger charge is 2.24. The van der Waals surface area contributed by atoms with Gasteiger partial charge in [0.15, 0.2) is 0 Å². The van der Waals surface area contributed by atoms with Gasteiger partial charge in [0.1, 0.15) is 5.75 Å². The van der Waals surface area contributed by atoms with Gasteiger partial charge >= 0.3 is 0 Å². The fraction of sp³-hybridized carbons (Fsp3) is 0.529. The second kappa shape index (κ2) is 7.97. The van der Waals surface area contributed by atoms with Crippen LogP contribution in [0.2, 0.25) is 0 Å². The van der Waals surface area contributed by atoms with Crippen molar-refractivity contribution in [3.8, 4) is 5.75 Å². The van der Waals surface area contributed by atoms with Crippen molar-refractivity contribution in [3.63, 3.8) is 0 Å². The lowest BCUT2D eigenvalue weighted by molar-refractivity contribution is -0.123. The van der Waals surface area contributed by atoms with Crippen molar-refractivity contribution in [2.45, 2.75) is 19.9 Å². The molecule has 1 aliphatic heterocycles. The zero-order chi connectivity index (χ0) is 16.8. The van der Waals surface area contributed by atoms with Gasteiger partial charge in [0, 0.05) is 32.2 Å². The van der Waals surface area contributed by atoms with Gasteiger partial charge in [0.2, 0.25) is 5.91 Å². The predicted molar refractivity (Wildman–Crippen MR) is 88.6 cm³/mol. The zero-order valence-electron chi connectivity index (χ0n) is 14.0. The van der Waals surface area contributed by atoms with Gasteiger partial charge in [0.05, 0.1) is 19.2 Å². The van der Waals surface area contributed by atoms with E-state index in [1.165, 1.54) is 0 Å². The maximum atomic E-state index is 12.6. The first-order valence-electron chi connectivity index (χ1n) is 7.95. The van der Waals surface area contributed by atoms with E-state index in [1.807, 2.05) is 30.9 Å². The summed E-state index contributed by atoms with van der Waals surface area (Å²) in [4.78, 5) is 28.3. The molecule has 1 N–H and O–H groups in total. The highest BCUT2D eigenvalue weighted by Crippen LogP contribution is 2.20. The van der Waals surface area contributed by atoms with Crippen molar-refractivity contribution in [2.24, 2.45) is 0 Å². The molecule has 1 aromatic carbocycles. The van der Waals surface area contributed by atoms with E-state index in [4.69, 9.17) is 4.74 Å². The third-order valence-corrected chi connectivity index (χ3v) is 3.81. The van der Waals surface area contributed by atoms with Crippen LogP contribution >= 0.6 is 0 Å². The molecule has 1 aromatic rings. The van der Waals surface area contributed by atoms with Crippen molar-refractivity contribution in [3.05, 3.63) is 29.8 Å². The summed E-state index contributed by atoms with van der Waals surface area (Å²) < 4.78 is 5.26. The second-order valence-corrected chi connectivity index (χ2v) is 5.99. The number of rotatable bonds is 5. The second-order valence-electron chi connectivity index (χ2n) is 5.99. The average Bonchev–Trinajstić information content (AvgIpc) is 2.54. The van der Waals surface area contributed by atoms with Crippen molar-refractivity contribution in [1.82, 2.24) is 15.1 Å². The summed E-state index contributed by atoms with van der Waals surface area (Å²) in [5.41, 5.74) is 0.584. The average molecular weight is 319 g/mol. The van der Waals surface area contributed by atoms with Crippen LogP contribution in [0, 0.1) is 0 Å². The van der Waals surface area contributed by atoms with Gasteiger partial charge in [-0.25, -0.2) is 0 Å². The molecule has 0 aliphatic carbocycles.